The van der Waals surface area contributed by atoms with Crippen LogP contribution in [-0.2, 0) is 11.2 Å². The summed E-state index contributed by atoms with van der Waals surface area (Å²) in [5.74, 6) is -0.465. The van der Waals surface area contributed by atoms with Gasteiger partial charge in [-0.1, -0.05) is 18.2 Å². The lowest BCUT2D eigenvalue weighted by atomic mass is 9.99. The van der Waals surface area contributed by atoms with E-state index in [-0.39, 0.29) is 0 Å². The third kappa shape index (κ3) is 2.48. The van der Waals surface area contributed by atoms with Gasteiger partial charge in [0.1, 0.15) is 5.38 Å². The number of primary amides is 1. The quantitative estimate of drug-likeness (QED) is 0.763. The molecule has 0 saturated heterocycles. The highest BCUT2D eigenvalue weighted by atomic mass is 35.5. The van der Waals surface area contributed by atoms with Crippen LogP contribution in [0.2, 0.25) is 0 Å². The summed E-state index contributed by atoms with van der Waals surface area (Å²) in [5, 5.41) is -0.615. The summed E-state index contributed by atoms with van der Waals surface area (Å²) in [6.07, 6.45) is 0.504. The van der Waals surface area contributed by atoms with Crippen molar-refractivity contribution in [2.75, 3.05) is 0 Å². The number of hydrogen-bond donors (Lipinski definition) is 1. The summed E-state index contributed by atoms with van der Waals surface area (Å²) < 4.78 is 0. The van der Waals surface area contributed by atoms with Crippen molar-refractivity contribution in [3.05, 3.63) is 34.9 Å². The number of hydrogen-bond acceptors (Lipinski definition) is 1. The van der Waals surface area contributed by atoms with Gasteiger partial charge in [0.25, 0.3) is 0 Å². The lowest BCUT2D eigenvalue weighted by molar-refractivity contribution is -0.117. The molecule has 2 nitrogen and oxygen atoms in total. The Hall–Kier alpha value is -1.02. The van der Waals surface area contributed by atoms with E-state index in [2.05, 4.69) is 0 Å². The van der Waals surface area contributed by atoms with Crippen molar-refractivity contribution in [1.29, 1.82) is 0 Å². The van der Waals surface area contributed by atoms with Gasteiger partial charge in [-0.2, -0.15) is 0 Å². The van der Waals surface area contributed by atoms with Crippen LogP contribution in [0.3, 0.4) is 0 Å². The van der Waals surface area contributed by atoms with Crippen LogP contribution in [0, 0.1) is 13.8 Å². The van der Waals surface area contributed by atoms with Crippen LogP contribution in [-0.4, -0.2) is 11.3 Å². The molecule has 1 unspecified atom stereocenters. The van der Waals surface area contributed by atoms with Gasteiger partial charge in [-0.3, -0.25) is 4.79 Å². The number of carbonyl (C=O) groups is 1. The number of alkyl halides is 1. The maximum absolute atomic E-state index is 10.8. The van der Waals surface area contributed by atoms with Crippen molar-refractivity contribution in [1.82, 2.24) is 0 Å². The average Bonchev–Trinajstić information content (AvgIpc) is 2.12. The van der Waals surface area contributed by atoms with Crippen LogP contribution < -0.4 is 5.73 Å². The van der Waals surface area contributed by atoms with Crippen LogP contribution in [0.4, 0.5) is 0 Å². The lowest BCUT2D eigenvalue weighted by Crippen LogP contribution is -2.25. The van der Waals surface area contributed by atoms with E-state index >= 15 is 0 Å². The van der Waals surface area contributed by atoms with Gasteiger partial charge in [0, 0.05) is 0 Å². The Kier molecular flexibility index (Phi) is 3.53. The Morgan fingerprint density at radius 2 is 2.14 bits per heavy atom. The molecule has 0 aliphatic rings. The minimum Gasteiger partial charge on any atom is -0.368 e. The van der Waals surface area contributed by atoms with Crippen molar-refractivity contribution in [3.63, 3.8) is 0 Å². The van der Waals surface area contributed by atoms with E-state index in [0.717, 1.165) is 5.56 Å². The summed E-state index contributed by atoms with van der Waals surface area (Å²) in [6.45, 7) is 4.06. The van der Waals surface area contributed by atoms with Crippen LogP contribution in [0.25, 0.3) is 0 Å². The Morgan fingerprint density at radius 1 is 1.50 bits per heavy atom. The van der Waals surface area contributed by atoms with Gasteiger partial charge in [-0.15, -0.1) is 11.6 Å². The van der Waals surface area contributed by atoms with Crippen LogP contribution in [0.5, 0.6) is 0 Å². The molecule has 2 N–H and O–H groups in total. The molecule has 1 amide bonds. The molecule has 1 atom stereocenters. The molecule has 0 aromatic heterocycles. The maximum atomic E-state index is 10.8. The van der Waals surface area contributed by atoms with E-state index in [1.807, 2.05) is 32.0 Å². The first-order valence-electron chi connectivity index (χ1n) is 4.51. The smallest absolute Gasteiger partial charge is 0.235 e. The van der Waals surface area contributed by atoms with Crippen molar-refractivity contribution in [3.8, 4) is 0 Å². The topological polar surface area (TPSA) is 43.1 Å². The molecule has 1 rings (SSSR count). The van der Waals surface area contributed by atoms with E-state index in [9.17, 15) is 4.79 Å². The zero-order chi connectivity index (χ0) is 10.7. The standard InChI is InChI=1S/C11H14ClNO/c1-7-4-3-5-9(8(7)2)6-10(12)11(13)14/h3-5,10H,6H2,1-2H3,(H2,13,14). The van der Waals surface area contributed by atoms with E-state index in [1.165, 1.54) is 11.1 Å². The normalized spacial score (nSPS) is 12.5. The molecular formula is C11H14ClNO. The van der Waals surface area contributed by atoms with Gasteiger partial charge in [0.05, 0.1) is 0 Å². The molecule has 76 valence electrons. The minimum absolute atomic E-state index is 0.465. The average molecular weight is 212 g/mol. The highest BCUT2D eigenvalue weighted by Crippen LogP contribution is 2.16. The van der Waals surface area contributed by atoms with Gasteiger partial charge in [-0.25, -0.2) is 0 Å². The van der Waals surface area contributed by atoms with E-state index in [1.54, 1.807) is 0 Å². The summed E-state index contributed by atoms with van der Waals surface area (Å²) in [6, 6.07) is 5.97. The van der Waals surface area contributed by atoms with Gasteiger partial charge in [-0.05, 0) is 37.0 Å². The van der Waals surface area contributed by atoms with Gasteiger partial charge >= 0.3 is 0 Å². The van der Waals surface area contributed by atoms with E-state index in [0.29, 0.717) is 6.42 Å². The summed E-state index contributed by atoms with van der Waals surface area (Å²) in [5.41, 5.74) is 8.57. The van der Waals surface area contributed by atoms with Gasteiger partial charge in [0.2, 0.25) is 5.91 Å². The number of aryl methyl sites for hydroxylation is 1. The third-order valence-corrected chi connectivity index (χ3v) is 2.79. The molecule has 0 bridgehead atoms. The predicted octanol–water partition coefficient (Wildman–Crippen LogP) is 1.94. The SMILES string of the molecule is Cc1cccc(CC(Cl)C(N)=O)c1C. The molecule has 0 radical (unpaired) electrons. The first-order chi connectivity index (χ1) is 6.52. The first kappa shape index (κ1) is 11.1. The second-order valence-corrected chi connectivity index (χ2v) is 3.96. The zero-order valence-electron chi connectivity index (χ0n) is 8.38. The zero-order valence-corrected chi connectivity index (χ0v) is 9.14. The van der Waals surface area contributed by atoms with Crippen LogP contribution in [0.15, 0.2) is 18.2 Å². The first-order valence-corrected chi connectivity index (χ1v) is 4.94. The highest BCUT2D eigenvalue weighted by Gasteiger charge is 2.13. The summed E-state index contributed by atoms with van der Waals surface area (Å²) in [4.78, 5) is 10.8. The largest absolute Gasteiger partial charge is 0.368 e. The molecule has 0 aliphatic carbocycles. The van der Waals surface area contributed by atoms with Crippen LogP contribution in [0.1, 0.15) is 16.7 Å². The van der Waals surface area contributed by atoms with E-state index in [4.69, 9.17) is 17.3 Å². The molecule has 14 heavy (non-hydrogen) atoms. The number of halogens is 1. The molecular weight excluding hydrogens is 198 g/mol. The number of amides is 1. The van der Waals surface area contributed by atoms with Crippen molar-refractivity contribution in [2.45, 2.75) is 25.6 Å². The molecule has 3 heteroatoms. The molecule has 0 spiro atoms. The second-order valence-electron chi connectivity index (χ2n) is 3.43. The highest BCUT2D eigenvalue weighted by molar-refractivity contribution is 6.30. The number of carbonyl (C=O) groups excluding carboxylic acids is 1. The second kappa shape index (κ2) is 4.47. The monoisotopic (exact) mass is 211 g/mol. The Balaban J connectivity index is 2.87. The lowest BCUT2D eigenvalue weighted by Gasteiger charge is -2.10. The van der Waals surface area contributed by atoms with E-state index < -0.39 is 11.3 Å². The fourth-order valence-electron chi connectivity index (χ4n) is 1.33. The molecule has 0 heterocycles. The Labute approximate surface area is 89.1 Å². The Bertz CT molecular complexity index is 349. The maximum Gasteiger partial charge on any atom is 0.235 e. The fourth-order valence-corrected chi connectivity index (χ4v) is 1.49. The number of nitrogens with two attached hydrogens (primary N) is 1. The summed E-state index contributed by atoms with van der Waals surface area (Å²) in [7, 11) is 0. The molecule has 0 saturated carbocycles. The van der Waals surface area contributed by atoms with Crippen molar-refractivity contribution >= 4 is 17.5 Å². The minimum atomic E-state index is -0.615. The van der Waals surface area contributed by atoms with Gasteiger partial charge in [0.15, 0.2) is 0 Å². The van der Waals surface area contributed by atoms with Crippen molar-refractivity contribution in [2.24, 2.45) is 5.73 Å². The third-order valence-electron chi connectivity index (χ3n) is 2.42. The number of benzene rings is 1. The molecule has 1 aromatic carbocycles. The van der Waals surface area contributed by atoms with Gasteiger partial charge < -0.3 is 5.73 Å². The summed E-state index contributed by atoms with van der Waals surface area (Å²) >= 11 is 5.80. The number of rotatable bonds is 3. The van der Waals surface area contributed by atoms with Crippen LogP contribution >= 0.6 is 11.6 Å². The van der Waals surface area contributed by atoms with Crippen molar-refractivity contribution < 1.29 is 4.79 Å². The molecule has 0 aliphatic heterocycles. The fraction of sp³-hybridized carbons (Fsp3) is 0.364. The molecule has 0 fully saturated rings. The Morgan fingerprint density at radius 3 is 2.71 bits per heavy atom. The molecule has 1 aromatic rings. The predicted molar refractivity (Wildman–Crippen MR) is 58.5 cm³/mol.